The fourth-order valence-electron chi connectivity index (χ4n) is 3.07. The van der Waals surface area contributed by atoms with Gasteiger partial charge in [-0.3, -0.25) is 14.4 Å². The van der Waals surface area contributed by atoms with Crippen LogP contribution < -0.4 is 25.5 Å². The summed E-state index contributed by atoms with van der Waals surface area (Å²) in [5.74, 6) is -2.06. The lowest BCUT2D eigenvalue weighted by atomic mass is 10.2. The molecule has 0 aromatic heterocycles. The van der Waals surface area contributed by atoms with E-state index < -0.39 is 36.1 Å². The van der Waals surface area contributed by atoms with Gasteiger partial charge in [-0.05, 0) is 47.5 Å². The number of hydrazone groups is 1. The van der Waals surface area contributed by atoms with Crippen molar-refractivity contribution in [2.24, 2.45) is 5.10 Å². The van der Waals surface area contributed by atoms with Gasteiger partial charge in [0.15, 0.2) is 18.1 Å². The summed E-state index contributed by atoms with van der Waals surface area (Å²) in [6, 6.07) is 17.8. The molecule has 0 aliphatic carbocycles. The maximum Gasteiger partial charge on any atom is 0.416 e. The zero-order chi connectivity index (χ0) is 27.5. The van der Waals surface area contributed by atoms with Crippen molar-refractivity contribution in [3.8, 4) is 11.5 Å². The quantitative estimate of drug-likeness (QED) is 0.223. The van der Waals surface area contributed by atoms with Gasteiger partial charge in [0.1, 0.15) is 0 Å². The molecule has 0 radical (unpaired) electrons. The number of carbonyl (C=O) groups excluding carboxylic acids is 3. The molecule has 0 aliphatic heterocycles. The highest BCUT2D eigenvalue weighted by molar-refractivity contribution is 6.35. The number of anilines is 1. The highest BCUT2D eigenvalue weighted by Crippen LogP contribution is 2.31. The van der Waals surface area contributed by atoms with E-state index in [0.29, 0.717) is 5.56 Å². The first-order valence-corrected chi connectivity index (χ1v) is 11.1. The van der Waals surface area contributed by atoms with E-state index in [2.05, 4.69) is 21.2 Å². The van der Waals surface area contributed by atoms with Crippen molar-refractivity contribution >= 4 is 29.6 Å². The van der Waals surface area contributed by atoms with Crippen LogP contribution in [0, 0.1) is 0 Å². The van der Waals surface area contributed by atoms with Crippen LogP contribution >= 0.6 is 0 Å². The second-order valence-electron chi connectivity index (χ2n) is 7.69. The van der Waals surface area contributed by atoms with Gasteiger partial charge in [0.2, 0.25) is 0 Å². The number of alkyl halides is 3. The maximum atomic E-state index is 12.8. The summed E-state index contributed by atoms with van der Waals surface area (Å²) >= 11 is 0. The molecule has 0 heterocycles. The Balaban J connectivity index is 1.50. The van der Waals surface area contributed by atoms with E-state index in [0.717, 1.165) is 17.7 Å². The highest BCUT2D eigenvalue weighted by atomic mass is 19.4. The molecule has 0 bridgehead atoms. The van der Waals surface area contributed by atoms with Gasteiger partial charge in [-0.15, -0.1) is 0 Å². The third-order valence-corrected chi connectivity index (χ3v) is 4.90. The minimum atomic E-state index is -4.53. The first-order valence-electron chi connectivity index (χ1n) is 11.1. The molecule has 0 atom stereocenters. The Morgan fingerprint density at radius 1 is 0.921 bits per heavy atom. The van der Waals surface area contributed by atoms with Crippen molar-refractivity contribution in [2.75, 3.05) is 19.0 Å². The van der Waals surface area contributed by atoms with Crippen LogP contribution in [0.2, 0.25) is 0 Å². The molecule has 0 fully saturated rings. The predicted octanol–water partition coefficient (Wildman–Crippen LogP) is 3.50. The molecule has 3 amide bonds. The molecule has 3 aromatic rings. The number of carbonyl (C=O) groups is 3. The summed E-state index contributed by atoms with van der Waals surface area (Å²) in [5, 5.41) is 8.56. The number of amides is 3. The van der Waals surface area contributed by atoms with Crippen molar-refractivity contribution in [3.05, 3.63) is 89.5 Å². The molecule has 3 N–H and O–H groups in total. The zero-order valence-corrected chi connectivity index (χ0v) is 20.0. The second-order valence-corrected chi connectivity index (χ2v) is 7.69. The van der Waals surface area contributed by atoms with Gasteiger partial charge in [0.25, 0.3) is 5.91 Å². The second kappa shape index (κ2) is 12.9. The number of methoxy groups -OCH3 is 1. The molecular weight excluding hydrogens is 505 g/mol. The Hall–Kier alpha value is -4.87. The molecule has 3 aromatic carbocycles. The summed E-state index contributed by atoms with van der Waals surface area (Å²) in [5.41, 5.74) is 2.52. The standard InChI is InChI=1S/C26H23F3N4O5/c1-37-22-12-18(15-31-33-25(36)24(35)30-14-17-6-3-2-4-7-17)10-11-21(22)38-16-23(34)32-20-9-5-8-19(13-20)26(27,28)29/h2-13,15H,14,16H2,1H3,(H,30,35)(H,32,34)(H,33,36). The molecular formula is C26H23F3N4O5. The first-order chi connectivity index (χ1) is 18.2. The smallest absolute Gasteiger partial charge is 0.416 e. The van der Waals surface area contributed by atoms with Crippen LogP contribution in [0.15, 0.2) is 77.9 Å². The molecule has 9 nitrogen and oxygen atoms in total. The highest BCUT2D eigenvalue weighted by Gasteiger charge is 2.30. The fourth-order valence-corrected chi connectivity index (χ4v) is 3.07. The predicted molar refractivity (Wildman–Crippen MR) is 133 cm³/mol. The molecule has 12 heteroatoms. The van der Waals surface area contributed by atoms with Gasteiger partial charge in [-0.25, -0.2) is 5.43 Å². The van der Waals surface area contributed by atoms with E-state index in [1.165, 1.54) is 37.6 Å². The Labute approximate surface area is 215 Å². The number of ether oxygens (including phenoxy) is 2. The molecule has 0 spiro atoms. The average Bonchev–Trinajstić information content (AvgIpc) is 2.91. The lowest BCUT2D eigenvalue weighted by Crippen LogP contribution is -2.37. The number of nitrogens with one attached hydrogen (secondary N) is 3. The van der Waals surface area contributed by atoms with E-state index in [1.807, 2.05) is 18.2 Å². The largest absolute Gasteiger partial charge is 0.493 e. The normalized spacial score (nSPS) is 11.1. The Morgan fingerprint density at radius 2 is 1.68 bits per heavy atom. The van der Waals surface area contributed by atoms with Crippen molar-refractivity contribution < 1.29 is 37.0 Å². The summed E-state index contributed by atoms with van der Waals surface area (Å²) in [7, 11) is 1.37. The summed E-state index contributed by atoms with van der Waals surface area (Å²) < 4.78 is 49.2. The summed E-state index contributed by atoms with van der Waals surface area (Å²) in [6.45, 7) is -0.304. The van der Waals surface area contributed by atoms with E-state index >= 15 is 0 Å². The summed E-state index contributed by atoms with van der Waals surface area (Å²) in [4.78, 5) is 35.9. The van der Waals surface area contributed by atoms with E-state index in [-0.39, 0.29) is 23.7 Å². The molecule has 198 valence electrons. The number of hydrogen-bond acceptors (Lipinski definition) is 6. The van der Waals surface area contributed by atoms with E-state index in [9.17, 15) is 27.6 Å². The zero-order valence-electron chi connectivity index (χ0n) is 20.0. The van der Waals surface area contributed by atoms with Crippen LogP contribution in [0.1, 0.15) is 16.7 Å². The maximum absolute atomic E-state index is 12.8. The van der Waals surface area contributed by atoms with Crippen LogP contribution in [-0.2, 0) is 27.1 Å². The molecule has 0 saturated carbocycles. The van der Waals surface area contributed by atoms with Gasteiger partial charge in [0.05, 0.1) is 18.9 Å². The molecule has 3 rings (SSSR count). The Morgan fingerprint density at radius 3 is 2.39 bits per heavy atom. The lowest BCUT2D eigenvalue weighted by molar-refractivity contribution is -0.139. The molecule has 0 unspecified atom stereocenters. The van der Waals surface area contributed by atoms with Crippen LogP contribution in [0.3, 0.4) is 0 Å². The van der Waals surface area contributed by atoms with E-state index in [4.69, 9.17) is 9.47 Å². The van der Waals surface area contributed by atoms with Crippen molar-refractivity contribution in [3.63, 3.8) is 0 Å². The van der Waals surface area contributed by atoms with Crippen LogP contribution in [0.5, 0.6) is 11.5 Å². The number of benzene rings is 3. The minimum absolute atomic E-state index is 0.0252. The third kappa shape index (κ3) is 8.36. The Bertz CT molecular complexity index is 1310. The van der Waals surface area contributed by atoms with Crippen LogP contribution in [0.25, 0.3) is 0 Å². The topological polar surface area (TPSA) is 118 Å². The monoisotopic (exact) mass is 528 g/mol. The number of hydrogen-bond donors (Lipinski definition) is 3. The molecule has 38 heavy (non-hydrogen) atoms. The Kier molecular flexibility index (Phi) is 9.41. The van der Waals surface area contributed by atoms with Gasteiger partial charge in [-0.2, -0.15) is 18.3 Å². The average molecular weight is 528 g/mol. The third-order valence-electron chi connectivity index (χ3n) is 4.90. The van der Waals surface area contributed by atoms with Gasteiger partial charge in [-0.1, -0.05) is 36.4 Å². The van der Waals surface area contributed by atoms with E-state index in [1.54, 1.807) is 18.2 Å². The van der Waals surface area contributed by atoms with Gasteiger partial charge >= 0.3 is 18.0 Å². The molecule has 0 aliphatic rings. The van der Waals surface area contributed by atoms with Gasteiger partial charge in [0, 0.05) is 12.2 Å². The number of nitrogens with zero attached hydrogens (tertiary/aromatic N) is 1. The number of halogens is 3. The lowest BCUT2D eigenvalue weighted by Gasteiger charge is -2.12. The van der Waals surface area contributed by atoms with Crippen LogP contribution in [-0.4, -0.2) is 37.7 Å². The molecule has 0 saturated heterocycles. The van der Waals surface area contributed by atoms with Crippen molar-refractivity contribution in [1.29, 1.82) is 0 Å². The number of rotatable bonds is 9. The first kappa shape index (κ1) is 27.7. The van der Waals surface area contributed by atoms with Crippen LogP contribution in [0.4, 0.5) is 18.9 Å². The minimum Gasteiger partial charge on any atom is -0.493 e. The van der Waals surface area contributed by atoms with Crippen molar-refractivity contribution in [1.82, 2.24) is 10.7 Å². The van der Waals surface area contributed by atoms with Crippen molar-refractivity contribution in [2.45, 2.75) is 12.7 Å². The fraction of sp³-hybridized carbons (Fsp3) is 0.154. The van der Waals surface area contributed by atoms with Gasteiger partial charge < -0.3 is 20.1 Å². The summed E-state index contributed by atoms with van der Waals surface area (Å²) in [6.07, 6.45) is -3.26. The SMILES string of the molecule is COc1cc(C=NNC(=O)C(=O)NCc2ccccc2)ccc1OCC(=O)Nc1cccc(C(F)(F)F)c1.